The molecular weight excluding hydrogens is 1710 g/mol. The van der Waals surface area contributed by atoms with Crippen LogP contribution in [-0.4, -0.2) is 84.2 Å². The average Bonchev–Trinajstić information content (AvgIpc) is 1.62. The Hall–Kier alpha value is -14.0. The number of rotatable bonds is 5. The second-order valence-electron chi connectivity index (χ2n) is 34.1. The second kappa shape index (κ2) is 37.1. The van der Waals surface area contributed by atoms with Crippen molar-refractivity contribution in [3.05, 3.63) is 380 Å². The van der Waals surface area contributed by atoms with Gasteiger partial charge in [-0.25, -0.2) is 22.0 Å². The molecule has 0 unspecified atom stereocenters. The fourth-order valence-corrected chi connectivity index (χ4v) is 21.6. The van der Waals surface area contributed by atoms with E-state index in [0.29, 0.717) is 54.0 Å². The van der Waals surface area contributed by atoms with Crippen LogP contribution in [0.15, 0.2) is 257 Å². The van der Waals surface area contributed by atoms with Crippen molar-refractivity contribution in [3.8, 4) is 67.8 Å². The van der Waals surface area contributed by atoms with Gasteiger partial charge in [0.05, 0.1) is 47.4 Å². The normalized spacial score (nSPS) is 21.2. The van der Waals surface area contributed by atoms with Crippen LogP contribution in [-0.2, 0) is 56.1 Å². The highest BCUT2D eigenvalue weighted by atomic mass is 79.9. The molecule has 0 bridgehead atoms. The monoisotopic (exact) mass is 1790 g/mol. The van der Waals surface area contributed by atoms with E-state index >= 15 is 0 Å². The number of benzene rings is 10. The first-order chi connectivity index (χ1) is 62.2. The maximum atomic E-state index is 14.7. The molecule has 0 fully saturated rings. The van der Waals surface area contributed by atoms with Gasteiger partial charge in [-0.05, 0) is 311 Å². The molecule has 10 aliphatic rings. The van der Waals surface area contributed by atoms with E-state index in [4.69, 9.17) is 49.0 Å². The minimum atomic E-state index is -1.02. The van der Waals surface area contributed by atoms with Gasteiger partial charge in [-0.15, -0.1) is 32.1 Å². The molecule has 0 aromatic heterocycles. The molecule has 0 spiro atoms. The van der Waals surface area contributed by atoms with Crippen molar-refractivity contribution in [1.29, 1.82) is 5.26 Å². The van der Waals surface area contributed by atoms with Crippen molar-refractivity contribution in [2.45, 2.75) is 159 Å². The number of nitriles is 1. The summed E-state index contributed by atoms with van der Waals surface area (Å²) in [6.07, 6.45) is 34.5. The van der Waals surface area contributed by atoms with Crippen LogP contribution in [0.5, 0.6) is 0 Å². The van der Waals surface area contributed by atoms with Crippen LogP contribution in [0.4, 0.5) is 22.0 Å². The molecule has 640 valence electrons. The zero-order valence-corrected chi connectivity index (χ0v) is 73.8. The van der Waals surface area contributed by atoms with Crippen molar-refractivity contribution in [3.63, 3.8) is 0 Å². The van der Waals surface area contributed by atoms with E-state index in [9.17, 15) is 45.9 Å². The van der Waals surface area contributed by atoms with Crippen LogP contribution in [0.2, 0.25) is 5.02 Å². The van der Waals surface area contributed by atoms with E-state index in [2.05, 4.69) is 169 Å². The molecule has 10 aromatic carbocycles. The minimum absolute atomic E-state index is 0.0177. The van der Waals surface area contributed by atoms with E-state index in [0.717, 1.165) is 105 Å². The Bertz CT molecular complexity index is 6540. The molecule has 0 N–H and O–H groups in total. The van der Waals surface area contributed by atoms with Crippen molar-refractivity contribution >= 4 is 84.9 Å². The number of terminal acetylenes is 5. The third kappa shape index (κ3) is 16.9. The summed E-state index contributed by atoms with van der Waals surface area (Å²) in [5, 5.41) is 9.76. The highest BCUT2D eigenvalue weighted by molar-refractivity contribution is 9.10. The van der Waals surface area contributed by atoms with Gasteiger partial charge >= 0.3 is 0 Å². The SMILES string of the molecule is C#CC(=O)N1[C@@H](c2c(F)cc(F)cc2F)C2=C(C[C@@H]1C)c1ccccc1C2.C#CC(=O)N1[C@@H](c2cc(F)cc(F)c2)C2=C(C[C@@H]1C)c1ccccc1C2.C#CC(=O)N1[C@@H](c2ccc(Br)cc2)C2=C(C[C@@H]1C)c1ccccc1C2.C#CC(=O)N1[C@@H](c2ccc(C#N)cc2)C2=C(C[C@@H]1C)c1ccccc1C2.C#CC(=O)N1[C@@H](c2ccc(Cl)cc2)C2=C(C[C@@H]1C)c1ccccc1C2. The second-order valence-corrected chi connectivity index (χ2v) is 35.4. The molecule has 20 rings (SSSR count). The Morgan fingerprint density at radius 1 is 0.333 bits per heavy atom. The summed E-state index contributed by atoms with van der Waals surface area (Å²) >= 11 is 9.56. The van der Waals surface area contributed by atoms with E-state index in [-0.39, 0.29) is 71.6 Å². The van der Waals surface area contributed by atoms with Crippen LogP contribution >= 0.6 is 27.5 Å². The number of carbonyl (C=O) groups excluding carboxylic acids is 5. The molecule has 5 aliphatic carbocycles. The van der Waals surface area contributed by atoms with Crippen molar-refractivity contribution in [2.24, 2.45) is 0 Å². The topological polar surface area (TPSA) is 125 Å². The molecule has 10 atom stereocenters. The van der Waals surface area contributed by atoms with Crippen LogP contribution in [0.25, 0.3) is 27.9 Å². The molecule has 0 saturated carbocycles. The summed E-state index contributed by atoms with van der Waals surface area (Å²) in [7, 11) is 0. The summed E-state index contributed by atoms with van der Waals surface area (Å²) in [5.41, 5.74) is 28.0. The summed E-state index contributed by atoms with van der Waals surface area (Å²) in [4.78, 5) is 71.1. The van der Waals surface area contributed by atoms with E-state index in [1.807, 2.05) is 107 Å². The molecule has 0 saturated heterocycles. The van der Waals surface area contributed by atoms with Crippen LogP contribution in [0.1, 0.15) is 186 Å². The Balaban J connectivity index is 0.000000118. The Morgan fingerprint density at radius 2 is 0.574 bits per heavy atom. The number of nitrogens with zero attached hydrogens (tertiary/aromatic N) is 6. The van der Waals surface area contributed by atoms with Gasteiger partial charge in [0.2, 0.25) is 0 Å². The van der Waals surface area contributed by atoms with Crippen molar-refractivity contribution in [2.75, 3.05) is 0 Å². The largest absolute Gasteiger partial charge is 0.318 e. The van der Waals surface area contributed by atoms with E-state index < -0.39 is 53.0 Å². The number of carbonyl (C=O) groups is 5. The number of hydrogen-bond donors (Lipinski definition) is 0. The van der Waals surface area contributed by atoms with Gasteiger partial charge in [0.15, 0.2) is 0 Å². The van der Waals surface area contributed by atoms with Gasteiger partial charge in [0.1, 0.15) is 29.1 Å². The van der Waals surface area contributed by atoms with E-state index in [1.54, 1.807) is 24.0 Å². The molecule has 10 aromatic rings. The van der Waals surface area contributed by atoms with E-state index in [1.165, 1.54) is 89.4 Å². The van der Waals surface area contributed by atoms with Gasteiger partial charge in [0.25, 0.3) is 29.5 Å². The predicted molar refractivity (Wildman–Crippen MR) is 497 cm³/mol. The molecule has 11 nitrogen and oxygen atoms in total. The Kier molecular flexibility index (Phi) is 25.4. The smallest absolute Gasteiger partial charge is 0.299 e. The number of amides is 5. The molecule has 0 radical (unpaired) electrons. The van der Waals surface area contributed by atoms with Crippen LogP contribution in [0, 0.1) is 102 Å². The van der Waals surface area contributed by atoms with Crippen LogP contribution in [0.3, 0.4) is 0 Å². The minimum Gasteiger partial charge on any atom is -0.318 e. The third-order valence-electron chi connectivity index (χ3n) is 26.5. The lowest BCUT2D eigenvalue weighted by atomic mass is 9.84. The van der Waals surface area contributed by atoms with Gasteiger partial charge in [0, 0.05) is 57.9 Å². The maximum Gasteiger partial charge on any atom is 0.299 e. The Morgan fingerprint density at radius 3 is 0.853 bits per heavy atom. The lowest BCUT2D eigenvalue weighted by Gasteiger charge is -2.41. The summed E-state index contributed by atoms with van der Waals surface area (Å²) in [5.74, 6) is 4.93. The highest BCUT2D eigenvalue weighted by Gasteiger charge is 2.48. The Labute approximate surface area is 762 Å². The number of fused-ring (bicyclic) bond motifs is 10. The first-order valence-electron chi connectivity index (χ1n) is 42.8. The maximum absolute atomic E-state index is 14.7. The van der Waals surface area contributed by atoms with Crippen molar-refractivity contribution < 1.29 is 45.9 Å². The quantitative estimate of drug-likeness (QED) is 0.125. The molecule has 5 amide bonds. The molecular formula is C111H87BrClF5N6O5. The molecule has 5 heterocycles. The van der Waals surface area contributed by atoms with Gasteiger partial charge in [-0.3, -0.25) is 24.0 Å². The lowest BCUT2D eigenvalue weighted by molar-refractivity contribution is -0.130. The van der Waals surface area contributed by atoms with Gasteiger partial charge in [-0.2, -0.15) is 5.26 Å². The zero-order chi connectivity index (χ0) is 91.1. The highest BCUT2D eigenvalue weighted by Crippen LogP contribution is 2.55. The number of hydrogen-bond acceptors (Lipinski definition) is 6. The van der Waals surface area contributed by atoms with Gasteiger partial charge < -0.3 is 24.5 Å². The lowest BCUT2D eigenvalue weighted by Crippen LogP contribution is -2.45. The first kappa shape index (κ1) is 88.4. The summed E-state index contributed by atoms with van der Waals surface area (Å²) in [6, 6.07) is 69.2. The predicted octanol–water partition coefficient (Wildman–Crippen LogP) is 21.9. The number of halogens is 7. The standard InChI is InChI=1S/C23H18N2O.C22H18BrNO.C22H18ClNO.C22H16F3NO.C22H17F2NO/c1-3-22(26)25-15(2)12-20-19-7-5-4-6-18(19)13-21(20)23(25)17-10-8-16(14-24)9-11-17;2*1-3-21(25)24-14(2)12-19-18-7-5-4-6-16(18)13-20(19)22(24)15-8-10-17(23)11-9-15;1-3-20(27)26-12(2)8-16-15-7-5-4-6-13(15)9-17(16)22(26)21-18(24)10-14(23)11-19(21)25;1-3-21(26)25-13(2)8-19-18-7-5-4-6-14(18)11-20(19)22(25)15-9-16(23)12-17(24)10-15/h1,4-11,15,23H,12-13H2,2H3;2*1,4-11,14,22H,12-13H2,2H3;1,4-7,10-12,22H,8-9H2,2H3;1,4-7,9-10,12-13,22H,8,11H2,2H3/t15-,23-;2*14-,22-;12-,22+;13-,22-/m00000/s1. The summed E-state index contributed by atoms with van der Waals surface area (Å²) < 4.78 is 71.6. The van der Waals surface area contributed by atoms with Gasteiger partial charge in [-0.1, -0.05) is 185 Å². The molecule has 129 heavy (non-hydrogen) atoms. The van der Waals surface area contributed by atoms with Crippen LogP contribution < -0.4 is 0 Å². The van der Waals surface area contributed by atoms with Crippen molar-refractivity contribution in [1.82, 2.24) is 24.5 Å². The fraction of sp³-hybridized carbons (Fsp3) is 0.225. The molecule has 18 heteroatoms. The average molecular weight is 1800 g/mol. The molecule has 5 aliphatic heterocycles. The fourth-order valence-electron chi connectivity index (χ4n) is 21.2. The third-order valence-corrected chi connectivity index (χ3v) is 27.3. The summed E-state index contributed by atoms with van der Waals surface area (Å²) in [6.45, 7) is 9.93. The first-order valence-corrected chi connectivity index (χ1v) is 44.0. The zero-order valence-electron chi connectivity index (χ0n) is 71.5.